The van der Waals surface area contributed by atoms with Crippen molar-refractivity contribution in [3.8, 4) is 11.5 Å². The summed E-state index contributed by atoms with van der Waals surface area (Å²) in [5, 5.41) is 4.32. The number of rotatable bonds is 7. The Morgan fingerprint density at radius 3 is 2.11 bits per heavy atom. The van der Waals surface area contributed by atoms with Crippen LogP contribution >= 0.6 is 0 Å². The van der Waals surface area contributed by atoms with Gasteiger partial charge in [-0.05, 0) is 48.5 Å². The van der Waals surface area contributed by atoms with E-state index in [0.717, 1.165) is 0 Å². The molecule has 0 aliphatic carbocycles. The molecule has 0 aliphatic heterocycles. The van der Waals surface area contributed by atoms with Gasteiger partial charge in [-0.3, -0.25) is 9.59 Å². The van der Waals surface area contributed by atoms with Crippen LogP contribution in [0.15, 0.2) is 48.5 Å². The Balaban J connectivity index is 1.82. The molecule has 0 fully saturated rings. The molecule has 2 amide bonds. The maximum absolute atomic E-state index is 12.1. The summed E-state index contributed by atoms with van der Waals surface area (Å²) in [6, 6.07) is 12.1. The van der Waals surface area contributed by atoms with Crippen LogP contribution in [0.5, 0.6) is 11.5 Å². The highest BCUT2D eigenvalue weighted by Crippen LogP contribution is 2.17. The third-order valence-electron chi connectivity index (χ3n) is 3.31. The minimum atomic E-state index is -4.48. The lowest BCUT2D eigenvalue weighted by Crippen LogP contribution is -2.33. The zero-order chi connectivity index (χ0) is 19.9. The molecule has 27 heavy (non-hydrogen) atoms. The third-order valence-corrected chi connectivity index (χ3v) is 3.31. The molecule has 0 unspecified atom stereocenters. The maximum atomic E-state index is 12.1. The van der Waals surface area contributed by atoms with Gasteiger partial charge in [0.15, 0.2) is 6.61 Å². The first-order valence-corrected chi connectivity index (χ1v) is 7.78. The van der Waals surface area contributed by atoms with E-state index in [0.29, 0.717) is 17.2 Å². The van der Waals surface area contributed by atoms with E-state index in [2.05, 4.69) is 5.32 Å². The fourth-order valence-corrected chi connectivity index (χ4v) is 2.01. The fraction of sp³-hybridized carbons (Fsp3) is 0.222. The van der Waals surface area contributed by atoms with Gasteiger partial charge >= 0.3 is 6.18 Å². The van der Waals surface area contributed by atoms with E-state index in [-0.39, 0.29) is 12.2 Å². The van der Waals surface area contributed by atoms with Crippen LogP contribution in [0.25, 0.3) is 0 Å². The monoisotopic (exact) mass is 382 g/mol. The van der Waals surface area contributed by atoms with E-state index in [1.807, 2.05) is 0 Å². The van der Waals surface area contributed by atoms with Gasteiger partial charge in [0.05, 0.1) is 7.11 Å². The van der Waals surface area contributed by atoms with Crippen molar-refractivity contribution in [2.45, 2.75) is 6.18 Å². The number of carbonyl (C=O) groups excluding carboxylic acids is 2. The predicted octanol–water partition coefficient (Wildman–Crippen LogP) is 3.00. The Bertz CT molecular complexity index is 775. The van der Waals surface area contributed by atoms with Gasteiger partial charge in [0.2, 0.25) is 0 Å². The van der Waals surface area contributed by atoms with Crippen molar-refractivity contribution >= 4 is 17.5 Å². The molecular weight excluding hydrogens is 365 g/mol. The van der Waals surface area contributed by atoms with Gasteiger partial charge < -0.3 is 20.1 Å². The average Bonchev–Trinajstić information content (AvgIpc) is 2.65. The number of carbonyl (C=O) groups is 2. The second-order valence-electron chi connectivity index (χ2n) is 5.39. The van der Waals surface area contributed by atoms with Crippen LogP contribution in [-0.4, -0.2) is 38.3 Å². The van der Waals surface area contributed by atoms with Gasteiger partial charge in [-0.15, -0.1) is 0 Å². The molecular formula is C18H17F3N2O4. The minimum absolute atomic E-state index is 0.0479. The van der Waals surface area contributed by atoms with E-state index >= 15 is 0 Å². The number of nitrogens with one attached hydrogen (secondary N) is 2. The van der Waals surface area contributed by atoms with E-state index in [9.17, 15) is 22.8 Å². The van der Waals surface area contributed by atoms with Crippen LogP contribution in [0.3, 0.4) is 0 Å². The fourth-order valence-electron chi connectivity index (χ4n) is 2.01. The highest BCUT2D eigenvalue weighted by Gasteiger charge is 2.27. The Morgan fingerprint density at radius 2 is 1.56 bits per heavy atom. The smallest absolute Gasteiger partial charge is 0.405 e. The van der Waals surface area contributed by atoms with E-state index in [1.165, 1.54) is 31.4 Å². The number of anilines is 1. The van der Waals surface area contributed by atoms with Crippen molar-refractivity contribution in [2.24, 2.45) is 0 Å². The highest BCUT2D eigenvalue weighted by atomic mass is 19.4. The van der Waals surface area contributed by atoms with E-state index < -0.39 is 24.5 Å². The number of hydrogen-bond acceptors (Lipinski definition) is 4. The summed E-state index contributed by atoms with van der Waals surface area (Å²) in [6.07, 6.45) is -4.48. The SMILES string of the molecule is COc1ccc(OCC(=O)Nc2ccc(C(=O)NCC(F)(F)F)cc2)cc1. The lowest BCUT2D eigenvalue weighted by molar-refractivity contribution is -0.123. The molecule has 2 rings (SSSR count). The van der Waals surface area contributed by atoms with Crippen LogP contribution in [0.4, 0.5) is 18.9 Å². The summed E-state index contributed by atoms with van der Waals surface area (Å²) in [7, 11) is 1.54. The zero-order valence-electron chi connectivity index (χ0n) is 14.3. The molecule has 0 heterocycles. The van der Waals surface area contributed by atoms with Crippen LogP contribution < -0.4 is 20.1 Å². The molecule has 6 nitrogen and oxygen atoms in total. The molecule has 2 aromatic rings. The van der Waals surface area contributed by atoms with E-state index in [4.69, 9.17) is 9.47 Å². The number of methoxy groups -OCH3 is 1. The summed E-state index contributed by atoms with van der Waals surface area (Å²) in [6.45, 7) is -1.65. The van der Waals surface area contributed by atoms with Gasteiger partial charge in [-0.1, -0.05) is 0 Å². The minimum Gasteiger partial charge on any atom is -0.497 e. The quantitative estimate of drug-likeness (QED) is 0.772. The van der Waals surface area contributed by atoms with Crippen molar-refractivity contribution in [3.63, 3.8) is 0 Å². The Kier molecular flexibility index (Phi) is 6.64. The molecule has 0 aliphatic rings. The maximum Gasteiger partial charge on any atom is 0.405 e. The van der Waals surface area contributed by atoms with Gasteiger partial charge in [-0.2, -0.15) is 13.2 Å². The predicted molar refractivity (Wildman–Crippen MR) is 91.9 cm³/mol. The molecule has 0 atom stereocenters. The molecule has 0 saturated carbocycles. The molecule has 0 spiro atoms. The number of amides is 2. The van der Waals surface area contributed by atoms with Crippen molar-refractivity contribution < 1.29 is 32.2 Å². The first-order chi connectivity index (χ1) is 12.8. The van der Waals surface area contributed by atoms with Gasteiger partial charge in [0.1, 0.15) is 18.0 Å². The van der Waals surface area contributed by atoms with Gasteiger partial charge in [0.25, 0.3) is 11.8 Å². The van der Waals surface area contributed by atoms with Crippen LogP contribution in [0, 0.1) is 0 Å². The summed E-state index contributed by atoms with van der Waals surface area (Å²) < 4.78 is 46.6. The molecule has 2 N–H and O–H groups in total. The molecule has 0 aromatic heterocycles. The summed E-state index contributed by atoms with van der Waals surface area (Å²) >= 11 is 0. The molecule has 0 saturated heterocycles. The zero-order valence-corrected chi connectivity index (χ0v) is 14.3. The lowest BCUT2D eigenvalue weighted by Gasteiger charge is -2.10. The Hall–Kier alpha value is -3.23. The third kappa shape index (κ3) is 6.89. The topological polar surface area (TPSA) is 76.7 Å². The van der Waals surface area contributed by atoms with Crippen LogP contribution in [0.1, 0.15) is 10.4 Å². The normalized spacial score (nSPS) is 10.8. The highest BCUT2D eigenvalue weighted by molar-refractivity contribution is 5.96. The Morgan fingerprint density at radius 1 is 0.963 bits per heavy atom. The molecule has 0 radical (unpaired) electrons. The first kappa shape index (κ1) is 20.1. The summed E-state index contributed by atoms with van der Waals surface area (Å²) in [5.41, 5.74) is 0.428. The van der Waals surface area contributed by atoms with Crippen molar-refractivity contribution in [1.29, 1.82) is 0 Å². The number of hydrogen-bond donors (Lipinski definition) is 2. The second kappa shape index (κ2) is 8.93. The van der Waals surface area contributed by atoms with Crippen molar-refractivity contribution in [2.75, 3.05) is 25.6 Å². The molecule has 9 heteroatoms. The van der Waals surface area contributed by atoms with Gasteiger partial charge in [-0.25, -0.2) is 0 Å². The summed E-state index contributed by atoms with van der Waals surface area (Å²) in [4.78, 5) is 23.5. The van der Waals surface area contributed by atoms with Crippen molar-refractivity contribution in [3.05, 3.63) is 54.1 Å². The van der Waals surface area contributed by atoms with Gasteiger partial charge in [0, 0.05) is 11.3 Å². The number of benzene rings is 2. The van der Waals surface area contributed by atoms with E-state index in [1.54, 1.807) is 29.6 Å². The number of halogens is 3. The lowest BCUT2D eigenvalue weighted by atomic mass is 10.2. The average molecular weight is 382 g/mol. The second-order valence-corrected chi connectivity index (χ2v) is 5.39. The molecule has 0 bridgehead atoms. The van der Waals surface area contributed by atoms with Crippen LogP contribution in [-0.2, 0) is 4.79 Å². The molecule has 144 valence electrons. The van der Waals surface area contributed by atoms with Crippen LogP contribution in [0.2, 0.25) is 0 Å². The molecule has 2 aromatic carbocycles. The van der Waals surface area contributed by atoms with Crippen molar-refractivity contribution in [1.82, 2.24) is 5.32 Å². The standard InChI is InChI=1S/C18H17F3N2O4/c1-26-14-6-8-15(9-7-14)27-10-16(24)23-13-4-2-12(3-5-13)17(25)22-11-18(19,20)21/h2-9H,10-11H2,1H3,(H,22,25)(H,23,24). The first-order valence-electron chi connectivity index (χ1n) is 7.78. The largest absolute Gasteiger partial charge is 0.497 e. The number of ether oxygens (including phenoxy) is 2. The Labute approximate surface area is 153 Å². The summed E-state index contributed by atoms with van der Waals surface area (Å²) in [5.74, 6) is -0.137. The number of alkyl halides is 3.